The molecule has 0 bridgehead atoms. The number of nitrogen functional groups attached to an aromatic ring is 1. The van der Waals surface area contributed by atoms with Gasteiger partial charge in [0.05, 0.1) is 11.7 Å². The Labute approximate surface area is 171 Å². The molecule has 0 aliphatic rings. The van der Waals surface area contributed by atoms with Gasteiger partial charge < -0.3 is 11.1 Å². The minimum atomic E-state index is -0.212. The fourth-order valence-corrected chi connectivity index (χ4v) is 3.44. The summed E-state index contributed by atoms with van der Waals surface area (Å²) in [5, 5.41) is 18.1. The summed E-state index contributed by atoms with van der Waals surface area (Å²) in [7, 11) is 0. The SMILES string of the molecule is CSc1nc(N)c(C#N)c(NC(C)c2cc3nccn3nc2-c2ccccc2)n1. The van der Waals surface area contributed by atoms with Crippen molar-refractivity contribution in [3.8, 4) is 17.3 Å². The third-order valence-electron chi connectivity index (χ3n) is 4.49. The Morgan fingerprint density at radius 1 is 1.24 bits per heavy atom. The van der Waals surface area contributed by atoms with Crippen LogP contribution < -0.4 is 11.1 Å². The lowest BCUT2D eigenvalue weighted by Crippen LogP contribution is -2.14. The molecule has 0 spiro atoms. The summed E-state index contributed by atoms with van der Waals surface area (Å²) < 4.78 is 1.74. The van der Waals surface area contributed by atoms with Crippen LogP contribution in [-0.4, -0.2) is 30.8 Å². The summed E-state index contributed by atoms with van der Waals surface area (Å²) in [6.07, 6.45) is 5.38. The number of nitrogens with one attached hydrogen (secondary N) is 1. The molecule has 1 unspecified atom stereocenters. The van der Waals surface area contributed by atoms with Gasteiger partial charge in [-0.2, -0.15) is 10.4 Å². The third-order valence-corrected chi connectivity index (χ3v) is 5.04. The first-order valence-corrected chi connectivity index (χ1v) is 10.1. The summed E-state index contributed by atoms with van der Waals surface area (Å²) in [6.45, 7) is 1.99. The molecule has 1 atom stereocenters. The minimum absolute atomic E-state index is 0.159. The van der Waals surface area contributed by atoms with Crippen LogP contribution >= 0.6 is 11.8 Å². The first kappa shape index (κ1) is 18.7. The third kappa shape index (κ3) is 3.58. The zero-order chi connectivity index (χ0) is 20.4. The molecule has 1 aromatic carbocycles. The van der Waals surface area contributed by atoms with Crippen LogP contribution in [0.1, 0.15) is 24.1 Å². The lowest BCUT2D eigenvalue weighted by atomic mass is 10.0. The van der Waals surface area contributed by atoms with Crippen molar-refractivity contribution in [2.45, 2.75) is 18.1 Å². The Morgan fingerprint density at radius 3 is 2.76 bits per heavy atom. The van der Waals surface area contributed by atoms with Gasteiger partial charge in [-0.15, -0.1) is 0 Å². The molecule has 4 aromatic rings. The van der Waals surface area contributed by atoms with E-state index in [-0.39, 0.29) is 17.4 Å². The molecule has 0 saturated carbocycles. The van der Waals surface area contributed by atoms with Crippen LogP contribution in [0.25, 0.3) is 16.9 Å². The molecule has 9 heteroatoms. The van der Waals surface area contributed by atoms with E-state index in [1.165, 1.54) is 11.8 Å². The number of rotatable bonds is 5. The lowest BCUT2D eigenvalue weighted by Gasteiger charge is -2.19. The average Bonchev–Trinajstić information content (AvgIpc) is 3.20. The highest BCUT2D eigenvalue weighted by atomic mass is 32.2. The second kappa shape index (κ2) is 7.77. The maximum absolute atomic E-state index is 9.51. The normalized spacial score (nSPS) is 11.9. The number of aromatic nitrogens is 5. The molecular weight excluding hydrogens is 384 g/mol. The Morgan fingerprint density at radius 2 is 2.03 bits per heavy atom. The minimum Gasteiger partial charge on any atom is -0.382 e. The van der Waals surface area contributed by atoms with Gasteiger partial charge >= 0.3 is 0 Å². The first-order chi connectivity index (χ1) is 14.1. The van der Waals surface area contributed by atoms with E-state index in [1.807, 2.05) is 55.8 Å². The molecule has 3 aromatic heterocycles. The molecule has 0 amide bonds. The fourth-order valence-electron chi connectivity index (χ4n) is 3.07. The number of imidazole rings is 1. The molecule has 0 radical (unpaired) electrons. The van der Waals surface area contributed by atoms with Crippen molar-refractivity contribution in [1.82, 2.24) is 24.6 Å². The van der Waals surface area contributed by atoms with Gasteiger partial charge in [-0.3, -0.25) is 0 Å². The number of hydrogen-bond acceptors (Lipinski definition) is 8. The maximum Gasteiger partial charge on any atom is 0.191 e. The Hall–Kier alpha value is -3.64. The largest absolute Gasteiger partial charge is 0.382 e. The van der Waals surface area contributed by atoms with Gasteiger partial charge in [0.2, 0.25) is 0 Å². The molecule has 0 fully saturated rings. The fraction of sp³-hybridized carbons (Fsp3) is 0.150. The molecule has 8 nitrogen and oxygen atoms in total. The van der Waals surface area contributed by atoms with E-state index in [0.29, 0.717) is 11.0 Å². The highest BCUT2D eigenvalue weighted by molar-refractivity contribution is 7.98. The van der Waals surface area contributed by atoms with E-state index in [9.17, 15) is 5.26 Å². The monoisotopic (exact) mass is 402 g/mol. The van der Waals surface area contributed by atoms with Gasteiger partial charge in [0.1, 0.15) is 17.5 Å². The van der Waals surface area contributed by atoms with Crippen LogP contribution in [0.15, 0.2) is 53.9 Å². The quantitative estimate of drug-likeness (QED) is 0.384. The first-order valence-electron chi connectivity index (χ1n) is 8.88. The van der Waals surface area contributed by atoms with E-state index < -0.39 is 0 Å². The highest BCUT2D eigenvalue weighted by Crippen LogP contribution is 2.31. The van der Waals surface area contributed by atoms with Crippen LogP contribution in [0.3, 0.4) is 0 Å². The Balaban J connectivity index is 1.81. The molecule has 3 N–H and O–H groups in total. The zero-order valence-electron chi connectivity index (χ0n) is 15.9. The molecule has 0 aliphatic carbocycles. The van der Waals surface area contributed by atoms with Crippen molar-refractivity contribution in [2.24, 2.45) is 0 Å². The second-order valence-electron chi connectivity index (χ2n) is 6.34. The van der Waals surface area contributed by atoms with E-state index in [4.69, 9.17) is 10.8 Å². The van der Waals surface area contributed by atoms with Crippen molar-refractivity contribution in [3.63, 3.8) is 0 Å². The highest BCUT2D eigenvalue weighted by Gasteiger charge is 2.19. The van der Waals surface area contributed by atoms with Crippen molar-refractivity contribution in [3.05, 3.63) is 59.9 Å². The zero-order valence-corrected chi connectivity index (χ0v) is 16.7. The summed E-state index contributed by atoms with van der Waals surface area (Å²) >= 11 is 1.36. The molecule has 0 aliphatic heterocycles. The van der Waals surface area contributed by atoms with E-state index in [2.05, 4.69) is 26.3 Å². The van der Waals surface area contributed by atoms with Gasteiger partial charge in [0, 0.05) is 23.5 Å². The van der Waals surface area contributed by atoms with Crippen molar-refractivity contribution in [1.29, 1.82) is 5.26 Å². The predicted octanol–water partition coefficient (Wildman–Crippen LogP) is 3.54. The number of anilines is 2. The molecule has 144 valence electrons. The summed E-state index contributed by atoms with van der Waals surface area (Å²) in [5.74, 6) is 0.561. The number of fused-ring (bicyclic) bond motifs is 1. The molecule has 4 rings (SSSR count). The summed E-state index contributed by atoms with van der Waals surface area (Å²) in [5.41, 5.74) is 9.65. The molecular formula is C20H18N8S. The molecule has 3 heterocycles. The second-order valence-corrected chi connectivity index (χ2v) is 7.11. The van der Waals surface area contributed by atoms with E-state index in [0.717, 1.165) is 22.5 Å². The summed E-state index contributed by atoms with van der Waals surface area (Å²) in [6, 6.07) is 13.8. The number of thioether (sulfide) groups is 1. The predicted molar refractivity (Wildman–Crippen MR) is 113 cm³/mol. The average molecular weight is 402 g/mol. The van der Waals surface area contributed by atoms with Crippen LogP contribution in [0.5, 0.6) is 0 Å². The number of nitrogens with two attached hydrogens (primary N) is 1. The van der Waals surface area contributed by atoms with Crippen LogP contribution in [0, 0.1) is 11.3 Å². The topological polar surface area (TPSA) is 118 Å². The maximum atomic E-state index is 9.51. The molecule has 0 saturated heterocycles. The van der Waals surface area contributed by atoms with Gasteiger partial charge in [0.25, 0.3) is 0 Å². The van der Waals surface area contributed by atoms with Gasteiger partial charge in [-0.1, -0.05) is 42.1 Å². The van der Waals surface area contributed by atoms with Crippen molar-refractivity contribution < 1.29 is 0 Å². The molecule has 29 heavy (non-hydrogen) atoms. The van der Waals surface area contributed by atoms with Gasteiger partial charge in [-0.05, 0) is 19.2 Å². The number of nitrogens with zero attached hydrogens (tertiary/aromatic N) is 6. The van der Waals surface area contributed by atoms with E-state index >= 15 is 0 Å². The van der Waals surface area contributed by atoms with Gasteiger partial charge in [-0.25, -0.2) is 19.5 Å². The number of benzene rings is 1. The summed E-state index contributed by atoms with van der Waals surface area (Å²) in [4.78, 5) is 12.9. The van der Waals surface area contributed by atoms with Crippen molar-refractivity contribution >= 4 is 29.0 Å². The number of hydrogen-bond donors (Lipinski definition) is 2. The van der Waals surface area contributed by atoms with Crippen LogP contribution in [-0.2, 0) is 0 Å². The van der Waals surface area contributed by atoms with Gasteiger partial charge in [0.15, 0.2) is 16.6 Å². The Kier molecular flexibility index (Phi) is 5.01. The lowest BCUT2D eigenvalue weighted by molar-refractivity contribution is 0.831. The van der Waals surface area contributed by atoms with E-state index in [1.54, 1.807) is 10.7 Å². The van der Waals surface area contributed by atoms with Crippen LogP contribution in [0.4, 0.5) is 11.6 Å². The Bertz CT molecular complexity index is 1210. The van der Waals surface area contributed by atoms with Crippen LogP contribution in [0.2, 0.25) is 0 Å². The smallest absolute Gasteiger partial charge is 0.191 e. The standard InChI is InChI=1S/C20H18N8S/c1-12(24-19-15(11-21)18(22)25-20(26-19)29-2)14-10-16-23-8-9-28(16)27-17(14)13-6-4-3-5-7-13/h3-10,12H,1-2H3,(H3,22,24,25,26). The van der Waals surface area contributed by atoms with Crippen molar-refractivity contribution in [2.75, 3.05) is 17.3 Å². The number of nitriles is 1.